The van der Waals surface area contributed by atoms with Gasteiger partial charge in [-0.1, -0.05) is 52.3 Å². The molecule has 0 aliphatic carbocycles. The molecule has 0 saturated carbocycles. The zero-order valence-electron chi connectivity index (χ0n) is 16.6. The SMILES string of the molecule is COc1ccc(/C=N/NC(=O)COc2ccc3cc(Br)ccc3c2Br)c2ccccc12. The lowest BCUT2D eigenvalue weighted by Gasteiger charge is -2.10. The van der Waals surface area contributed by atoms with Crippen LogP contribution in [-0.2, 0) is 4.79 Å². The number of carbonyl (C=O) groups excluding carboxylic acids is 1. The highest BCUT2D eigenvalue weighted by atomic mass is 79.9. The van der Waals surface area contributed by atoms with Gasteiger partial charge in [0.25, 0.3) is 5.91 Å². The first kappa shape index (κ1) is 21.3. The number of ether oxygens (including phenoxy) is 2. The van der Waals surface area contributed by atoms with Crippen LogP contribution in [0, 0.1) is 0 Å². The molecule has 7 heteroatoms. The largest absolute Gasteiger partial charge is 0.496 e. The normalized spacial score (nSPS) is 11.2. The molecule has 156 valence electrons. The van der Waals surface area contributed by atoms with E-state index in [2.05, 4.69) is 42.4 Å². The smallest absolute Gasteiger partial charge is 0.277 e. The van der Waals surface area contributed by atoms with Crippen molar-refractivity contribution in [2.75, 3.05) is 13.7 Å². The standard InChI is InChI=1S/C24H18Br2N2O3/c1-30-21-10-7-16(18-4-2-3-5-20(18)21)13-27-28-23(29)14-31-22-11-6-15-12-17(25)8-9-19(15)24(22)26/h2-13H,14H2,1H3,(H,28,29)/b27-13+. The lowest BCUT2D eigenvalue weighted by atomic mass is 10.0. The van der Waals surface area contributed by atoms with Gasteiger partial charge in [-0.05, 0) is 62.4 Å². The number of fused-ring (bicyclic) bond motifs is 2. The Morgan fingerprint density at radius 1 is 0.968 bits per heavy atom. The highest BCUT2D eigenvalue weighted by Crippen LogP contribution is 2.34. The van der Waals surface area contributed by atoms with Gasteiger partial charge in [0.15, 0.2) is 6.61 Å². The highest BCUT2D eigenvalue weighted by molar-refractivity contribution is 9.11. The average Bonchev–Trinajstić information content (AvgIpc) is 2.78. The van der Waals surface area contributed by atoms with Gasteiger partial charge < -0.3 is 9.47 Å². The van der Waals surface area contributed by atoms with Crippen LogP contribution in [0.25, 0.3) is 21.5 Å². The predicted octanol–water partition coefficient (Wildman–Crippen LogP) is 6.06. The van der Waals surface area contributed by atoms with Gasteiger partial charge >= 0.3 is 0 Å². The monoisotopic (exact) mass is 540 g/mol. The summed E-state index contributed by atoms with van der Waals surface area (Å²) in [6.07, 6.45) is 1.61. The maximum atomic E-state index is 12.2. The summed E-state index contributed by atoms with van der Waals surface area (Å²) in [6, 6.07) is 21.4. The van der Waals surface area contributed by atoms with E-state index in [1.807, 2.05) is 66.7 Å². The number of methoxy groups -OCH3 is 1. The molecule has 4 rings (SSSR count). The molecule has 0 heterocycles. The van der Waals surface area contributed by atoms with E-state index >= 15 is 0 Å². The van der Waals surface area contributed by atoms with Crippen molar-refractivity contribution in [1.82, 2.24) is 5.43 Å². The van der Waals surface area contributed by atoms with Gasteiger partial charge in [0.1, 0.15) is 11.5 Å². The van der Waals surface area contributed by atoms with Crippen LogP contribution in [0.5, 0.6) is 11.5 Å². The van der Waals surface area contributed by atoms with Crippen molar-refractivity contribution in [2.24, 2.45) is 5.10 Å². The van der Waals surface area contributed by atoms with Crippen molar-refractivity contribution in [3.63, 3.8) is 0 Å². The van der Waals surface area contributed by atoms with Gasteiger partial charge in [-0.25, -0.2) is 5.43 Å². The molecule has 0 fully saturated rings. The van der Waals surface area contributed by atoms with E-state index in [0.29, 0.717) is 5.75 Å². The molecule has 0 bridgehead atoms. The number of hydrogen-bond acceptors (Lipinski definition) is 4. The molecule has 1 N–H and O–H groups in total. The van der Waals surface area contributed by atoms with Crippen LogP contribution in [0.1, 0.15) is 5.56 Å². The van der Waals surface area contributed by atoms with Crippen LogP contribution in [0.15, 0.2) is 80.8 Å². The molecule has 4 aromatic rings. The zero-order valence-corrected chi connectivity index (χ0v) is 19.7. The second-order valence-corrected chi connectivity index (χ2v) is 8.44. The van der Waals surface area contributed by atoms with Crippen LogP contribution in [-0.4, -0.2) is 25.8 Å². The molecule has 0 aliphatic heterocycles. The van der Waals surface area contributed by atoms with E-state index < -0.39 is 0 Å². The van der Waals surface area contributed by atoms with Gasteiger partial charge in [-0.3, -0.25) is 4.79 Å². The molecule has 0 atom stereocenters. The minimum absolute atomic E-state index is 0.151. The van der Waals surface area contributed by atoms with Crippen LogP contribution in [0.3, 0.4) is 0 Å². The maximum Gasteiger partial charge on any atom is 0.277 e. The predicted molar refractivity (Wildman–Crippen MR) is 131 cm³/mol. The molecule has 0 unspecified atom stereocenters. The Morgan fingerprint density at radius 3 is 2.55 bits per heavy atom. The quantitative estimate of drug-likeness (QED) is 0.238. The van der Waals surface area contributed by atoms with Gasteiger partial charge in [0, 0.05) is 15.4 Å². The van der Waals surface area contributed by atoms with E-state index in [-0.39, 0.29) is 12.5 Å². The number of nitrogens with one attached hydrogen (secondary N) is 1. The molecular formula is C24H18Br2N2O3. The van der Waals surface area contributed by atoms with Crippen LogP contribution in [0.2, 0.25) is 0 Å². The number of nitrogens with zero attached hydrogens (tertiary/aromatic N) is 1. The minimum Gasteiger partial charge on any atom is -0.496 e. The maximum absolute atomic E-state index is 12.2. The molecule has 0 aromatic heterocycles. The number of carbonyl (C=O) groups is 1. The van der Waals surface area contributed by atoms with E-state index in [0.717, 1.165) is 41.8 Å². The lowest BCUT2D eigenvalue weighted by molar-refractivity contribution is -0.123. The van der Waals surface area contributed by atoms with Crippen molar-refractivity contribution in [2.45, 2.75) is 0 Å². The topological polar surface area (TPSA) is 59.9 Å². The first-order chi connectivity index (χ1) is 15.1. The molecule has 0 saturated heterocycles. The summed E-state index contributed by atoms with van der Waals surface area (Å²) in [5, 5.41) is 8.12. The Bertz CT molecular complexity index is 1300. The van der Waals surface area contributed by atoms with Crippen LogP contribution < -0.4 is 14.9 Å². The van der Waals surface area contributed by atoms with Crippen molar-refractivity contribution in [3.05, 3.63) is 81.2 Å². The molecule has 1 amide bonds. The molecular weight excluding hydrogens is 524 g/mol. The number of benzene rings is 4. The van der Waals surface area contributed by atoms with Crippen LogP contribution in [0.4, 0.5) is 0 Å². The lowest BCUT2D eigenvalue weighted by Crippen LogP contribution is -2.24. The Labute approximate surface area is 196 Å². The minimum atomic E-state index is -0.350. The second kappa shape index (κ2) is 9.49. The number of hydrazone groups is 1. The van der Waals surface area contributed by atoms with Crippen molar-refractivity contribution >= 4 is 65.5 Å². The Morgan fingerprint density at radius 2 is 1.74 bits per heavy atom. The van der Waals surface area contributed by atoms with Crippen molar-refractivity contribution in [1.29, 1.82) is 0 Å². The summed E-state index contributed by atoms with van der Waals surface area (Å²) in [6.45, 7) is -0.151. The summed E-state index contributed by atoms with van der Waals surface area (Å²) in [7, 11) is 1.64. The number of halogens is 2. The van der Waals surface area contributed by atoms with Crippen molar-refractivity contribution in [3.8, 4) is 11.5 Å². The van der Waals surface area contributed by atoms with Gasteiger partial charge in [0.05, 0.1) is 17.8 Å². The first-order valence-corrected chi connectivity index (χ1v) is 11.0. The molecule has 0 aliphatic rings. The van der Waals surface area contributed by atoms with E-state index in [4.69, 9.17) is 9.47 Å². The van der Waals surface area contributed by atoms with Crippen molar-refractivity contribution < 1.29 is 14.3 Å². The highest BCUT2D eigenvalue weighted by Gasteiger charge is 2.09. The fourth-order valence-corrected chi connectivity index (χ4v) is 4.28. The Balaban J connectivity index is 1.42. The van der Waals surface area contributed by atoms with E-state index in [1.165, 1.54) is 0 Å². The third kappa shape index (κ3) is 4.73. The molecule has 4 aromatic carbocycles. The summed E-state index contributed by atoms with van der Waals surface area (Å²) < 4.78 is 12.9. The second-order valence-electron chi connectivity index (χ2n) is 6.73. The number of amides is 1. The fraction of sp³-hybridized carbons (Fsp3) is 0.0833. The summed E-state index contributed by atoms with van der Waals surface area (Å²) >= 11 is 7.03. The van der Waals surface area contributed by atoms with E-state index in [9.17, 15) is 4.79 Å². The summed E-state index contributed by atoms with van der Waals surface area (Å²) in [5.41, 5.74) is 3.39. The van der Waals surface area contributed by atoms with Crippen LogP contribution >= 0.6 is 31.9 Å². The zero-order chi connectivity index (χ0) is 21.8. The Kier molecular flexibility index (Phi) is 6.53. The summed E-state index contributed by atoms with van der Waals surface area (Å²) in [4.78, 5) is 12.2. The molecule has 0 spiro atoms. The van der Waals surface area contributed by atoms with Gasteiger partial charge in [-0.15, -0.1) is 0 Å². The third-order valence-corrected chi connectivity index (χ3v) is 6.08. The number of hydrogen-bond donors (Lipinski definition) is 1. The van der Waals surface area contributed by atoms with E-state index in [1.54, 1.807) is 13.3 Å². The average molecular weight is 542 g/mol. The van der Waals surface area contributed by atoms with Gasteiger partial charge in [0.2, 0.25) is 0 Å². The molecule has 5 nitrogen and oxygen atoms in total. The third-order valence-electron chi connectivity index (χ3n) is 4.77. The molecule has 31 heavy (non-hydrogen) atoms. The first-order valence-electron chi connectivity index (χ1n) is 9.45. The summed E-state index contributed by atoms with van der Waals surface area (Å²) in [5.74, 6) is 1.03. The molecule has 0 radical (unpaired) electrons. The Hall–Kier alpha value is -2.90. The fourth-order valence-electron chi connectivity index (χ4n) is 3.29. The van der Waals surface area contributed by atoms with Gasteiger partial charge in [-0.2, -0.15) is 5.10 Å². The number of rotatable bonds is 6.